The molecule has 13 heteroatoms. The molecular weight excluding hydrogens is 556 g/mol. The van der Waals surface area contributed by atoms with E-state index in [0.29, 0.717) is 16.5 Å². The SMILES string of the molecule is NC(=O)C[C@](N)(C(=O)O)C(=O)/C=C/c1cn(-c2ccccc2)nc1-c1c([C@](N)(CC(N)=O)C(=O)O)ccc2ccccc12. The number of amides is 2. The van der Waals surface area contributed by atoms with Crippen LogP contribution in [0.1, 0.15) is 24.0 Å². The molecular formula is C30H28N6O7. The number of rotatable bonds is 12. The highest BCUT2D eigenvalue weighted by atomic mass is 16.4. The second kappa shape index (κ2) is 11.7. The van der Waals surface area contributed by atoms with Crippen molar-refractivity contribution in [3.63, 3.8) is 0 Å². The molecule has 13 nitrogen and oxygen atoms in total. The maximum Gasteiger partial charge on any atom is 0.332 e. The van der Waals surface area contributed by atoms with Gasteiger partial charge in [-0.25, -0.2) is 14.3 Å². The van der Waals surface area contributed by atoms with Crippen LogP contribution in [0, 0.1) is 0 Å². The maximum absolute atomic E-state index is 13.0. The highest BCUT2D eigenvalue weighted by molar-refractivity contribution is 6.16. The predicted octanol–water partition coefficient (Wildman–Crippen LogP) is 1.05. The van der Waals surface area contributed by atoms with Crippen molar-refractivity contribution in [3.8, 4) is 16.9 Å². The molecule has 0 fully saturated rings. The first-order chi connectivity index (χ1) is 20.3. The Kier molecular flexibility index (Phi) is 8.23. The number of nitrogens with zero attached hydrogens (tertiary/aromatic N) is 2. The Bertz CT molecular complexity index is 1800. The number of hydrogen-bond donors (Lipinski definition) is 6. The topological polar surface area (TPSA) is 248 Å². The maximum atomic E-state index is 13.0. The van der Waals surface area contributed by atoms with Gasteiger partial charge in [-0.1, -0.05) is 54.6 Å². The van der Waals surface area contributed by atoms with Crippen LogP contribution in [-0.2, 0) is 29.5 Å². The molecule has 4 aromatic rings. The number of primary amides is 2. The molecule has 220 valence electrons. The average Bonchev–Trinajstić information content (AvgIpc) is 3.38. The van der Waals surface area contributed by atoms with Gasteiger partial charge in [0.05, 0.1) is 18.5 Å². The number of ketones is 1. The summed E-state index contributed by atoms with van der Waals surface area (Å²) in [4.78, 5) is 60.8. The first kappa shape index (κ1) is 30.3. The number of carboxylic acid groups (broad SMARTS) is 2. The summed E-state index contributed by atoms with van der Waals surface area (Å²) in [6.45, 7) is 0. The Balaban J connectivity index is 2.03. The third-order valence-electron chi connectivity index (χ3n) is 6.93. The summed E-state index contributed by atoms with van der Waals surface area (Å²) < 4.78 is 1.47. The molecule has 0 bridgehead atoms. The van der Waals surface area contributed by atoms with Crippen LogP contribution >= 0.6 is 0 Å². The molecule has 10 N–H and O–H groups in total. The van der Waals surface area contributed by atoms with Gasteiger partial charge in [0.1, 0.15) is 11.2 Å². The molecule has 3 aromatic carbocycles. The van der Waals surface area contributed by atoms with Crippen molar-refractivity contribution >= 4 is 46.4 Å². The molecule has 0 aliphatic heterocycles. The van der Waals surface area contributed by atoms with Gasteiger partial charge in [0, 0.05) is 17.3 Å². The molecule has 0 radical (unpaired) electrons. The van der Waals surface area contributed by atoms with Crippen LogP contribution < -0.4 is 22.9 Å². The Morgan fingerprint density at radius 1 is 0.814 bits per heavy atom. The van der Waals surface area contributed by atoms with Crippen molar-refractivity contribution in [2.75, 3.05) is 0 Å². The zero-order valence-corrected chi connectivity index (χ0v) is 22.6. The van der Waals surface area contributed by atoms with Crippen molar-refractivity contribution in [1.29, 1.82) is 0 Å². The number of benzene rings is 3. The lowest BCUT2D eigenvalue weighted by Gasteiger charge is -2.27. The van der Waals surface area contributed by atoms with E-state index in [9.17, 15) is 34.2 Å². The van der Waals surface area contributed by atoms with Gasteiger partial charge in [0.25, 0.3) is 0 Å². The molecule has 1 aromatic heterocycles. The van der Waals surface area contributed by atoms with Crippen LogP contribution in [0.5, 0.6) is 0 Å². The molecule has 0 saturated carbocycles. The first-order valence-electron chi connectivity index (χ1n) is 12.8. The lowest BCUT2D eigenvalue weighted by atomic mass is 9.81. The number of fused-ring (bicyclic) bond motifs is 1. The largest absolute Gasteiger partial charge is 0.480 e. The van der Waals surface area contributed by atoms with Gasteiger partial charge in [-0.2, -0.15) is 5.10 Å². The number of carboxylic acids is 2. The van der Waals surface area contributed by atoms with Gasteiger partial charge in [-0.05, 0) is 40.6 Å². The van der Waals surface area contributed by atoms with Crippen LogP contribution in [0.4, 0.5) is 0 Å². The summed E-state index contributed by atoms with van der Waals surface area (Å²) in [5.74, 6) is -6.43. The average molecular weight is 585 g/mol. The number of aromatic nitrogens is 2. The van der Waals surface area contributed by atoms with Crippen LogP contribution in [0.15, 0.2) is 79.0 Å². The van der Waals surface area contributed by atoms with Gasteiger partial charge in [0.15, 0.2) is 11.3 Å². The molecule has 0 spiro atoms. The number of nitrogens with two attached hydrogens (primary N) is 4. The van der Waals surface area contributed by atoms with E-state index < -0.39 is 53.5 Å². The zero-order chi connectivity index (χ0) is 31.5. The number of aliphatic carboxylic acids is 2. The number of para-hydroxylation sites is 1. The van der Waals surface area contributed by atoms with Crippen LogP contribution in [0.2, 0.25) is 0 Å². The Morgan fingerprint density at radius 3 is 2.05 bits per heavy atom. The van der Waals surface area contributed by atoms with Crippen molar-refractivity contribution in [2.24, 2.45) is 22.9 Å². The number of carbonyl (C=O) groups is 5. The summed E-state index contributed by atoms with van der Waals surface area (Å²) >= 11 is 0. The molecule has 0 unspecified atom stereocenters. The minimum absolute atomic E-state index is 0.0178. The minimum Gasteiger partial charge on any atom is -0.480 e. The standard InChI is InChI=1S/C30H28N6O7/c31-23(38)14-29(33,27(40)41)21-12-10-17-6-4-5-9-20(17)25(21)26-18(16-36(35-26)19-7-2-1-3-8-19)11-13-22(37)30(34,28(42)43)15-24(32)39/h1-13,16H,14-15,33-34H2,(H2,31,38)(H2,32,39)(H,40,41)(H,42,43)/b13-11+/t29-,30-/m1/s1. The highest BCUT2D eigenvalue weighted by Gasteiger charge is 2.43. The van der Waals surface area contributed by atoms with Gasteiger partial charge in [0.2, 0.25) is 11.8 Å². The Morgan fingerprint density at radius 2 is 1.44 bits per heavy atom. The Hall–Kier alpha value is -5.66. The van der Waals surface area contributed by atoms with Crippen LogP contribution in [0.3, 0.4) is 0 Å². The molecule has 43 heavy (non-hydrogen) atoms. The van der Waals surface area contributed by atoms with E-state index >= 15 is 0 Å². The van der Waals surface area contributed by atoms with E-state index in [-0.39, 0.29) is 22.4 Å². The lowest BCUT2D eigenvalue weighted by Crippen LogP contribution is -2.56. The van der Waals surface area contributed by atoms with Crippen molar-refractivity contribution < 1.29 is 34.2 Å². The van der Waals surface area contributed by atoms with E-state index in [0.717, 1.165) is 6.08 Å². The third kappa shape index (κ3) is 5.88. The van der Waals surface area contributed by atoms with E-state index in [4.69, 9.17) is 28.0 Å². The highest BCUT2D eigenvalue weighted by Crippen LogP contribution is 2.40. The predicted molar refractivity (Wildman–Crippen MR) is 156 cm³/mol. The van der Waals surface area contributed by atoms with Gasteiger partial charge in [-0.3, -0.25) is 14.4 Å². The first-order valence-corrected chi connectivity index (χ1v) is 12.8. The zero-order valence-electron chi connectivity index (χ0n) is 22.6. The summed E-state index contributed by atoms with van der Waals surface area (Å²) in [7, 11) is 0. The molecule has 0 saturated heterocycles. The fraction of sp³-hybridized carbons (Fsp3) is 0.133. The van der Waals surface area contributed by atoms with E-state index in [1.165, 1.54) is 23.0 Å². The number of carbonyl (C=O) groups excluding carboxylic acids is 3. The van der Waals surface area contributed by atoms with E-state index in [1.54, 1.807) is 60.7 Å². The molecule has 0 aliphatic carbocycles. The van der Waals surface area contributed by atoms with Crippen molar-refractivity contribution in [3.05, 3.63) is 90.1 Å². The van der Waals surface area contributed by atoms with Gasteiger partial charge >= 0.3 is 11.9 Å². The molecule has 0 aliphatic rings. The van der Waals surface area contributed by atoms with Crippen molar-refractivity contribution in [1.82, 2.24) is 9.78 Å². The molecule has 1 heterocycles. The fourth-order valence-electron chi connectivity index (χ4n) is 4.73. The fourth-order valence-corrected chi connectivity index (χ4v) is 4.73. The Labute approximate surface area is 244 Å². The lowest BCUT2D eigenvalue weighted by molar-refractivity contribution is -0.149. The second-order valence-electron chi connectivity index (χ2n) is 9.96. The quantitative estimate of drug-likeness (QED) is 0.102. The molecule has 2 amide bonds. The minimum atomic E-state index is -2.63. The third-order valence-corrected chi connectivity index (χ3v) is 6.93. The summed E-state index contributed by atoms with van der Waals surface area (Å²) in [6.07, 6.45) is 1.97. The summed E-state index contributed by atoms with van der Waals surface area (Å²) in [6, 6.07) is 18.9. The van der Waals surface area contributed by atoms with Gasteiger partial charge in [-0.15, -0.1) is 0 Å². The summed E-state index contributed by atoms with van der Waals surface area (Å²) in [5.41, 5.74) is 19.0. The van der Waals surface area contributed by atoms with Gasteiger partial charge < -0.3 is 33.1 Å². The van der Waals surface area contributed by atoms with E-state index in [1.807, 2.05) is 0 Å². The van der Waals surface area contributed by atoms with Crippen LogP contribution in [-0.4, -0.2) is 55.1 Å². The summed E-state index contributed by atoms with van der Waals surface area (Å²) in [5, 5.41) is 25.7. The monoisotopic (exact) mass is 584 g/mol. The molecule has 2 atom stereocenters. The number of hydrogen-bond acceptors (Lipinski definition) is 8. The second-order valence-corrected chi connectivity index (χ2v) is 9.96. The van der Waals surface area contributed by atoms with Crippen LogP contribution in [0.25, 0.3) is 33.8 Å². The normalized spacial score (nSPS) is 14.2. The van der Waals surface area contributed by atoms with Crippen molar-refractivity contribution in [2.45, 2.75) is 23.9 Å². The van der Waals surface area contributed by atoms with E-state index in [2.05, 4.69) is 0 Å². The molecule has 4 rings (SSSR count). The smallest absolute Gasteiger partial charge is 0.332 e.